The van der Waals surface area contributed by atoms with Crippen molar-refractivity contribution in [2.24, 2.45) is 0 Å². The number of hydrogen-bond donors (Lipinski definition) is 1. The first-order valence-electron chi connectivity index (χ1n) is 6.62. The molecular formula is C15H20FNO2. The first-order chi connectivity index (χ1) is 8.77. The maximum Gasteiger partial charge on any atom is 0.338 e. The van der Waals surface area contributed by atoms with Gasteiger partial charge in [0.25, 0.3) is 0 Å². The Bertz CT molecular complexity index is 525. The van der Waals surface area contributed by atoms with Crippen LogP contribution in [0, 0.1) is 5.82 Å². The van der Waals surface area contributed by atoms with Crippen molar-refractivity contribution in [1.29, 1.82) is 0 Å². The van der Waals surface area contributed by atoms with E-state index in [4.69, 9.17) is 5.11 Å². The summed E-state index contributed by atoms with van der Waals surface area (Å²) < 4.78 is 13.9. The molecule has 0 saturated heterocycles. The highest BCUT2D eigenvalue weighted by molar-refractivity contribution is 5.89. The van der Waals surface area contributed by atoms with Crippen molar-refractivity contribution in [3.8, 4) is 0 Å². The van der Waals surface area contributed by atoms with E-state index in [0.717, 1.165) is 24.2 Å². The molecule has 0 spiro atoms. The second kappa shape index (κ2) is 4.51. The van der Waals surface area contributed by atoms with Crippen LogP contribution in [-0.4, -0.2) is 23.2 Å². The molecular weight excluding hydrogens is 245 g/mol. The smallest absolute Gasteiger partial charge is 0.338 e. The lowest BCUT2D eigenvalue weighted by Gasteiger charge is -2.47. The Morgan fingerprint density at radius 2 is 2.16 bits per heavy atom. The van der Waals surface area contributed by atoms with Crippen molar-refractivity contribution in [1.82, 2.24) is 0 Å². The summed E-state index contributed by atoms with van der Waals surface area (Å²) in [6, 6.07) is 2.87. The second-order valence-corrected chi connectivity index (χ2v) is 5.86. The minimum atomic E-state index is -1.21. The van der Waals surface area contributed by atoms with E-state index in [1.54, 1.807) is 0 Å². The second-order valence-electron chi connectivity index (χ2n) is 5.86. The molecule has 1 aromatic carbocycles. The summed E-state index contributed by atoms with van der Waals surface area (Å²) in [5.41, 5.74) is 1.48. The number of carboxylic acids is 1. The maximum absolute atomic E-state index is 13.9. The molecule has 19 heavy (non-hydrogen) atoms. The first-order valence-corrected chi connectivity index (χ1v) is 6.62. The zero-order valence-corrected chi connectivity index (χ0v) is 11.8. The molecule has 1 N–H and O–H groups in total. The molecule has 1 aliphatic heterocycles. The van der Waals surface area contributed by atoms with Gasteiger partial charge in [0.05, 0.1) is 5.56 Å². The fraction of sp³-hybridized carbons (Fsp3) is 0.533. The zero-order valence-electron chi connectivity index (χ0n) is 11.8. The Hall–Kier alpha value is -1.58. The average molecular weight is 265 g/mol. The van der Waals surface area contributed by atoms with Crippen molar-refractivity contribution in [2.45, 2.75) is 45.6 Å². The lowest BCUT2D eigenvalue weighted by Crippen LogP contribution is -2.48. The lowest BCUT2D eigenvalue weighted by molar-refractivity contribution is 0.0691. The summed E-state index contributed by atoms with van der Waals surface area (Å²) in [5.74, 6) is -1.64. The summed E-state index contributed by atoms with van der Waals surface area (Å²) in [7, 11) is 0. The molecule has 1 aliphatic rings. The number of benzene rings is 1. The minimum absolute atomic E-state index is 0.0433. The standard InChI is InChI=1S/C15H20FNO2/c1-5-17-13-7-12(16)11(14(18)19)6-10(13)9(2)8-15(17,3)4/h6-7,9H,5,8H2,1-4H3,(H,18,19). The van der Waals surface area contributed by atoms with Gasteiger partial charge in [0.2, 0.25) is 0 Å². The van der Waals surface area contributed by atoms with Crippen LogP contribution in [-0.2, 0) is 0 Å². The van der Waals surface area contributed by atoms with Crippen LogP contribution in [0.5, 0.6) is 0 Å². The number of rotatable bonds is 2. The number of nitrogens with zero attached hydrogens (tertiary/aromatic N) is 1. The predicted molar refractivity (Wildman–Crippen MR) is 73.5 cm³/mol. The SMILES string of the molecule is CCN1c2cc(F)c(C(=O)O)cc2C(C)CC1(C)C. The van der Waals surface area contributed by atoms with E-state index in [9.17, 15) is 9.18 Å². The quantitative estimate of drug-likeness (QED) is 0.887. The van der Waals surface area contributed by atoms with Gasteiger partial charge < -0.3 is 10.0 Å². The van der Waals surface area contributed by atoms with E-state index in [-0.39, 0.29) is 17.0 Å². The largest absolute Gasteiger partial charge is 0.478 e. The Labute approximate surface area is 113 Å². The van der Waals surface area contributed by atoms with Gasteiger partial charge >= 0.3 is 5.97 Å². The van der Waals surface area contributed by atoms with Crippen LogP contribution >= 0.6 is 0 Å². The Balaban J connectivity index is 2.63. The van der Waals surface area contributed by atoms with Crippen LogP contribution in [0.4, 0.5) is 10.1 Å². The van der Waals surface area contributed by atoms with Gasteiger partial charge in [0.15, 0.2) is 0 Å². The third-order valence-electron chi connectivity index (χ3n) is 4.02. The fourth-order valence-electron chi connectivity index (χ4n) is 3.27. The molecule has 0 saturated carbocycles. The Morgan fingerprint density at radius 3 is 2.68 bits per heavy atom. The third-order valence-corrected chi connectivity index (χ3v) is 4.02. The highest BCUT2D eigenvalue weighted by Gasteiger charge is 2.36. The molecule has 1 unspecified atom stereocenters. The summed E-state index contributed by atoms with van der Waals surface area (Å²) in [5, 5.41) is 9.03. The van der Waals surface area contributed by atoms with E-state index in [1.165, 1.54) is 12.1 Å². The summed E-state index contributed by atoms with van der Waals surface area (Å²) in [6.07, 6.45) is 0.929. The van der Waals surface area contributed by atoms with E-state index in [0.29, 0.717) is 0 Å². The number of carbonyl (C=O) groups is 1. The summed E-state index contributed by atoms with van der Waals surface area (Å²) in [6.45, 7) is 9.15. The van der Waals surface area contributed by atoms with Gasteiger partial charge in [-0.2, -0.15) is 0 Å². The Morgan fingerprint density at radius 1 is 1.53 bits per heavy atom. The molecule has 1 aromatic rings. The molecule has 0 aromatic heterocycles. The molecule has 1 heterocycles. The molecule has 0 bridgehead atoms. The molecule has 1 atom stereocenters. The first kappa shape index (κ1) is 13.8. The number of hydrogen-bond acceptors (Lipinski definition) is 2. The monoisotopic (exact) mass is 265 g/mol. The lowest BCUT2D eigenvalue weighted by atomic mass is 9.79. The molecule has 104 valence electrons. The number of halogens is 1. The molecule has 0 amide bonds. The van der Waals surface area contributed by atoms with E-state index < -0.39 is 11.8 Å². The van der Waals surface area contributed by atoms with Crippen molar-refractivity contribution < 1.29 is 14.3 Å². The molecule has 4 heteroatoms. The van der Waals surface area contributed by atoms with E-state index >= 15 is 0 Å². The third kappa shape index (κ3) is 2.20. The summed E-state index contributed by atoms with van der Waals surface area (Å²) in [4.78, 5) is 13.2. The van der Waals surface area contributed by atoms with Gasteiger partial charge in [0.1, 0.15) is 5.82 Å². The Kier molecular flexibility index (Phi) is 3.29. The molecule has 3 nitrogen and oxygen atoms in total. The van der Waals surface area contributed by atoms with Gasteiger partial charge in [-0.3, -0.25) is 0 Å². The van der Waals surface area contributed by atoms with Crippen LogP contribution < -0.4 is 4.90 Å². The molecule has 2 rings (SSSR count). The molecule has 0 aliphatic carbocycles. The van der Waals surface area contributed by atoms with E-state index in [2.05, 4.69) is 25.7 Å². The van der Waals surface area contributed by atoms with Gasteiger partial charge in [-0.05, 0) is 50.8 Å². The van der Waals surface area contributed by atoms with Crippen molar-refractivity contribution in [3.05, 3.63) is 29.1 Å². The van der Waals surface area contributed by atoms with E-state index in [1.807, 2.05) is 6.92 Å². The molecule has 0 radical (unpaired) electrons. The van der Waals surface area contributed by atoms with Crippen LogP contribution in [0.3, 0.4) is 0 Å². The van der Waals surface area contributed by atoms with Crippen LogP contribution in [0.15, 0.2) is 12.1 Å². The highest BCUT2D eigenvalue weighted by Crippen LogP contribution is 2.43. The van der Waals surface area contributed by atoms with Gasteiger partial charge in [-0.1, -0.05) is 6.92 Å². The van der Waals surface area contributed by atoms with Crippen LogP contribution in [0.25, 0.3) is 0 Å². The topological polar surface area (TPSA) is 40.5 Å². The maximum atomic E-state index is 13.9. The number of anilines is 1. The minimum Gasteiger partial charge on any atom is -0.478 e. The predicted octanol–water partition coefficient (Wildman–Crippen LogP) is 3.64. The van der Waals surface area contributed by atoms with Crippen molar-refractivity contribution >= 4 is 11.7 Å². The van der Waals surface area contributed by atoms with Gasteiger partial charge in [-0.15, -0.1) is 0 Å². The van der Waals surface area contributed by atoms with Crippen LogP contribution in [0.2, 0.25) is 0 Å². The summed E-state index contributed by atoms with van der Waals surface area (Å²) >= 11 is 0. The van der Waals surface area contributed by atoms with Gasteiger partial charge in [0, 0.05) is 17.8 Å². The zero-order chi connectivity index (χ0) is 14.4. The van der Waals surface area contributed by atoms with Gasteiger partial charge in [-0.25, -0.2) is 9.18 Å². The van der Waals surface area contributed by atoms with Crippen molar-refractivity contribution in [3.63, 3.8) is 0 Å². The number of carboxylic acid groups (broad SMARTS) is 1. The van der Waals surface area contributed by atoms with Crippen molar-refractivity contribution in [2.75, 3.05) is 11.4 Å². The number of fused-ring (bicyclic) bond motifs is 1. The molecule has 0 fully saturated rings. The normalized spacial score (nSPS) is 21.1. The fourth-order valence-corrected chi connectivity index (χ4v) is 3.27. The highest BCUT2D eigenvalue weighted by atomic mass is 19.1. The average Bonchev–Trinajstić information content (AvgIpc) is 2.26. The van der Waals surface area contributed by atoms with Crippen LogP contribution in [0.1, 0.15) is 56.0 Å². The number of aromatic carboxylic acids is 1.